The van der Waals surface area contributed by atoms with Gasteiger partial charge in [0.1, 0.15) is 53.9 Å². The molecule has 1 amide bonds. The number of phosphoric acid groups is 1. The molecule has 41 heteroatoms. The van der Waals surface area contributed by atoms with Gasteiger partial charge in [0.25, 0.3) is 30.4 Å². The first-order valence-corrected chi connectivity index (χ1v) is 46.6. The van der Waals surface area contributed by atoms with Gasteiger partial charge in [0.2, 0.25) is 11.7 Å². The van der Waals surface area contributed by atoms with Crippen molar-refractivity contribution < 1.29 is 114 Å². The van der Waals surface area contributed by atoms with Crippen LogP contribution in [-0.4, -0.2) is 174 Å². The number of quaternary nitrogens is 1. The van der Waals surface area contributed by atoms with E-state index in [0.717, 1.165) is 95.0 Å². The van der Waals surface area contributed by atoms with Crippen molar-refractivity contribution >= 4 is 135 Å². The molecule has 2 aromatic heterocycles. The van der Waals surface area contributed by atoms with Crippen LogP contribution in [0.15, 0.2) is 125 Å². The molecule has 0 fully saturated rings. The van der Waals surface area contributed by atoms with Crippen molar-refractivity contribution in [3.05, 3.63) is 107 Å². The SMILES string of the molecule is CCCCCCCCCCCCC/C=C/[C@@H](OC(=O)CCC(=O)OCC(CC(=O)ONC(=Nc1ccc(F)c(Br)c1)c1nonc1NCCNS(N)(=O)=O)OC(=O)Oc1c(N=Nc2ccc3cc(S(=O)(=O)O)ccc3c2)cc(S(=O)(=O)O)c2cccnc12)[C@H](COP(=O)(O)OCC[N+](C)(C)C)NC(=O)CCCCCCCCCCCCCCC. The van der Waals surface area contributed by atoms with Crippen LogP contribution in [0.25, 0.3) is 21.7 Å². The molecule has 0 bridgehead atoms. The van der Waals surface area contributed by atoms with E-state index in [0.29, 0.717) is 34.6 Å². The Morgan fingerprint density at radius 3 is 1.92 bits per heavy atom. The number of likely N-dealkylation sites (N-methyl/N-ethyl adjacent to an activating group) is 1. The van der Waals surface area contributed by atoms with E-state index in [2.05, 4.69) is 81.1 Å². The molecule has 658 valence electrons. The van der Waals surface area contributed by atoms with Gasteiger partial charge in [-0.3, -0.25) is 37.5 Å². The summed E-state index contributed by atoms with van der Waals surface area (Å²) in [4.78, 5) is 94.2. The largest absolute Gasteiger partial charge is 0.514 e. The number of anilines is 1. The molecule has 0 saturated heterocycles. The summed E-state index contributed by atoms with van der Waals surface area (Å²) in [6.45, 7) is 2.38. The Labute approximate surface area is 702 Å². The minimum atomic E-state index is -5.13. The average Bonchev–Trinajstić information content (AvgIpc) is 0.987. The number of hydrogen-bond acceptors (Lipinski definition) is 27. The number of esters is 2. The molecule has 2 heterocycles. The summed E-state index contributed by atoms with van der Waals surface area (Å²) < 4.78 is 162. The van der Waals surface area contributed by atoms with E-state index in [1.54, 1.807) is 12.2 Å². The van der Waals surface area contributed by atoms with Gasteiger partial charge in [-0.15, -0.1) is 5.11 Å². The van der Waals surface area contributed by atoms with E-state index in [1.807, 2.05) is 21.1 Å². The third-order valence-corrected chi connectivity index (χ3v) is 22.3. The molecule has 9 N–H and O–H groups in total. The minimum absolute atomic E-state index is 0.00389. The fourth-order valence-electron chi connectivity index (χ4n) is 12.0. The number of halogens is 2. The number of carbonyl (C=O) groups excluding carboxylic acids is 5. The Hall–Kier alpha value is -8.38. The lowest BCUT2D eigenvalue weighted by atomic mass is 10.0. The Bertz CT molecular complexity index is 4770. The number of amidine groups is 1. The number of phosphoric ester groups is 1. The lowest BCUT2D eigenvalue weighted by molar-refractivity contribution is -0.870. The zero-order valence-corrected chi connectivity index (χ0v) is 72.7. The fraction of sp³-hybridized carbons (Fsp3) is 0.551. The summed E-state index contributed by atoms with van der Waals surface area (Å²) in [5.74, 6) is -5.98. The summed E-state index contributed by atoms with van der Waals surface area (Å²) in [7, 11) is -13.1. The maximum absolute atomic E-state index is 14.5. The molecule has 6 aromatic rings. The molecule has 0 aliphatic heterocycles. The Balaban J connectivity index is 1.27. The quantitative estimate of drug-likeness (QED) is 0.00143. The van der Waals surface area contributed by atoms with Crippen molar-refractivity contribution in [2.24, 2.45) is 20.4 Å². The molecule has 35 nitrogen and oxygen atoms in total. The van der Waals surface area contributed by atoms with Crippen LogP contribution < -0.4 is 30.7 Å². The van der Waals surface area contributed by atoms with Crippen molar-refractivity contribution in [1.82, 2.24) is 30.8 Å². The van der Waals surface area contributed by atoms with Gasteiger partial charge in [-0.05, 0) is 123 Å². The van der Waals surface area contributed by atoms with E-state index < -0.39 is 157 Å². The highest BCUT2D eigenvalue weighted by Crippen LogP contribution is 2.44. The number of fused-ring (bicyclic) bond motifs is 2. The second kappa shape index (κ2) is 51.4. The number of azo groups is 1. The number of ether oxygens (including phenoxy) is 4. The lowest BCUT2D eigenvalue weighted by Crippen LogP contribution is -2.47. The van der Waals surface area contributed by atoms with E-state index >= 15 is 0 Å². The Kier molecular flexibility index (Phi) is 43.0. The molecule has 4 aromatic carbocycles. The number of hydrogen-bond donors (Lipinski definition) is 8. The van der Waals surface area contributed by atoms with Gasteiger partial charge in [-0.2, -0.15) is 35.8 Å². The molecule has 0 saturated carbocycles. The summed E-state index contributed by atoms with van der Waals surface area (Å²) >= 11 is 3.08. The number of allylic oxidation sites excluding steroid dienone is 1. The zero-order chi connectivity index (χ0) is 86.9. The first-order chi connectivity index (χ1) is 56.6. The molecule has 0 aliphatic carbocycles. The normalized spacial score (nSPS) is 13.6. The summed E-state index contributed by atoms with van der Waals surface area (Å²) in [6, 6.07) is 13.4. The van der Waals surface area contributed by atoms with Crippen LogP contribution in [-0.2, 0) is 82.3 Å². The minimum Gasteiger partial charge on any atom is -0.462 e. The standard InChI is InChI=1S/C78H111BrFN12O23PS3/c1-6-8-10-12-14-16-18-20-22-24-26-28-30-34-67(66(55-110-116(98,99)109-48-47-92(3,4)5)86-69(93)35-31-29-27-25-23-21-19-17-15-13-11-9-7-2)112-71(95)43-42-70(94)108-54-60(52-72(96)114-90-77(85-58-39-41-64(80)63(79)51-58)74-76(91-115-89-74)83-45-46-84-119(81,106)107)111-78(97)113-75-65(53-68(118(103,104)105)62-33-32-44-82-73(62)75)88-87-59-38-36-57-50-61(117(100,101)102)40-37-56(57)49-59/h30,32-34,36-41,44,49-51,53,60,66-67,84H,6-29,31,35,42-43,45-48,52,54-55H2,1-5H3,(H7-,81,83,85,86,90,91,93,98,99,100,101,102,103,104,105,106,107)/p+1/b34-30+,88-87?/t60?,66-,67+/m0/s1. The number of nitrogens with two attached hydrogens (primary N) is 1. The molecular weight excluding hydrogens is 1700 g/mol. The van der Waals surface area contributed by atoms with Gasteiger partial charge >= 0.3 is 31.9 Å². The third kappa shape index (κ3) is 39.4. The molecule has 0 aliphatic rings. The number of rotatable bonds is 57. The lowest BCUT2D eigenvalue weighted by Gasteiger charge is -2.27. The molecular formula is C78H112BrFN12O23PS3+. The van der Waals surface area contributed by atoms with Crippen molar-refractivity contribution in [2.45, 2.75) is 228 Å². The average molecular weight is 1810 g/mol. The maximum atomic E-state index is 14.5. The van der Waals surface area contributed by atoms with E-state index in [-0.39, 0.29) is 58.9 Å². The number of benzene rings is 4. The van der Waals surface area contributed by atoms with Crippen LogP contribution in [0.1, 0.15) is 206 Å². The number of pyridine rings is 1. The van der Waals surface area contributed by atoms with Crippen molar-refractivity contribution in [3.8, 4) is 5.75 Å². The number of carbonyl (C=O) groups is 5. The van der Waals surface area contributed by atoms with E-state index in [1.165, 1.54) is 132 Å². The summed E-state index contributed by atoms with van der Waals surface area (Å²) in [6.07, 6.45) is 23.7. The van der Waals surface area contributed by atoms with E-state index in [4.69, 9.17) is 42.6 Å². The molecule has 119 heavy (non-hydrogen) atoms. The van der Waals surface area contributed by atoms with Gasteiger partial charge in [-0.25, -0.2) is 38.0 Å². The van der Waals surface area contributed by atoms with Crippen LogP contribution >= 0.6 is 23.8 Å². The number of aliphatic imine (C=N–C) groups is 1. The van der Waals surface area contributed by atoms with Crippen molar-refractivity contribution in [2.75, 3.05) is 65.9 Å². The van der Waals surface area contributed by atoms with Crippen molar-refractivity contribution in [1.29, 1.82) is 0 Å². The summed E-state index contributed by atoms with van der Waals surface area (Å²) in [5, 5.41) is 27.0. The first-order valence-electron chi connectivity index (χ1n) is 39.9. The third-order valence-electron chi connectivity index (χ3n) is 18.3. The number of aromatic nitrogens is 3. The Morgan fingerprint density at radius 2 is 1.30 bits per heavy atom. The highest BCUT2D eigenvalue weighted by atomic mass is 79.9. The van der Waals surface area contributed by atoms with Gasteiger partial charge in [0.15, 0.2) is 17.3 Å². The van der Waals surface area contributed by atoms with Crippen LogP contribution in [0.4, 0.5) is 32.1 Å². The summed E-state index contributed by atoms with van der Waals surface area (Å²) in [5.41, 5.74) is 1.02. The topological polar surface area (TPSA) is 493 Å². The molecule has 0 radical (unpaired) electrons. The number of unbranched alkanes of at least 4 members (excludes halogenated alkanes) is 23. The van der Waals surface area contributed by atoms with Crippen LogP contribution in [0.2, 0.25) is 0 Å². The van der Waals surface area contributed by atoms with Gasteiger partial charge in [-0.1, -0.05) is 173 Å². The predicted molar refractivity (Wildman–Crippen MR) is 446 cm³/mol. The smallest absolute Gasteiger partial charge is 0.462 e. The van der Waals surface area contributed by atoms with Gasteiger partial charge in [0.05, 0.1) is 73.8 Å². The second-order valence-corrected chi connectivity index (χ2v) is 35.9. The number of nitrogens with zero attached hydrogens (tertiary/aromatic N) is 7. The van der Waals surface area contributed by atoms with E-state index in [9.17, 15) is 72.2 Å². The van der Waals surface area contributed by atoms with Crippen LogP contribution in [0, 0.1) is 5.82 Å². The molecule has 0 spiro atoms. The number of amides is 1. The van der Waals surface area contributed by atoms with Gasteiger partial charge in [0, 0.05) is 31.1 Å². The fourth-order valence-corrected chi connectivity index (χ4v) is 14.7. The van der Waals surface area contributed by atoms with Crippen LogP contribution in [0.5, 0.6) is 5.75 Å². The monoisotopic (exact) mass is 1810 g/mol. The van der Waals surface area contributed by atoms with Crippen LogP contribution in [0.3, 0.4) is 0 Å². The highest BCUT2D eigenvalue weighted by molar-refractivity contribution is 9.10. The highest BCUT2D eigenvalue weighted by Gasteiger charge is 2.33. The first kappa shape index (κ1) is 99.4. The molecule has 4 atom stereocenters. The van der Waals surface area contributed by atoms with Crippen molar-refractivity contribution in [3.63, 3.8) is 0 Å². The number of hydroxylamine groups is 1. The Morgan fingerprint density at radius 1 is 0.689 bits per heavy atom. The molecule has 6 rings (SSSR count). The maximum Gasteiger partial charge on any atom is 0.514 e. The number of nitrogens with one attached hydrogen (secondary N) is 4. The van der Waals surface area contributed by atoms with Gasteiger partial charge < -0.3 is 43.8 Å². The zero-order valence-electron chi connectivity index (χ0n) is 67.8. The predicted octanol–water partition coefficient (Wildman–Crippen LogP) is 15.2. The second-order valence-electron chi connectivity index (χ2n) is 29.4. The molecule has 2 unspecified atom stereocenters.